The molecule has 2 aliphatic rings. The summed E-state index contributed by atoms with van der Waals surface area (Å²) >= 11 is 0. The lowest BCUT2D eigenvalue weighted by Gasteiger charge is -2.03. The molecule has 0 amide bonds. The van der Waals surface area contributed by atoms with E-state index in [2.05, 4.69) is 17.3 Å². The fourth-order valence-electron chi connectivity index (χ4n) is 2.45. The molecule has 4 heteroatoms. The Morgan fingerprint density at radius 2 is 1.95 bits per heavy atom. The zero-order chi connectivity index (χ0) is 14.1. The molecule has 0 radical (unpaired) electrons. The molecule has 2 fully saturated rings. The van der Waals surface area contributed by atoms with Crippen LogP contribution in [0.2, 0.25) is 0 Å². The summed E-state index contributed by atoms with van der Waals surface area (Å²) < 4.78 is 5.16. The Bertz CT molecular complexity index is 531. The van der Waals surface area contributed by atoms with E-state index in [1.807, 2.05) is 19.1 Å². The molecule has 0 spiro atoms. The molecule has 1 aromatic carbocycles. The van der Waals surface area contributed by atoms with Gasteiger partial charge in [-0.05, 0) is 49.8 Å². The third kappa shape index (κ3) is 2.84. The lowest BCUT2D eigenvalue weighted by atomic mass is 10.1. The van der Waals surface area contributed by atoms with Gasteiger partial charge in [0.05, 0.1) is 18.7 Å². The standard InChI is InChI=1S/C16H19NO3/c1-10(17-20-16(18)12-3-4-12)14-9-15(14)11-5-7-13(19-2)8-6-11/h5-8,12,14-15H,3-4,9H2,1-2H3/t14-,15+/m0/s1. The SMILES string of the molecule is COc1ccc([C@H]2C[C@H]2C(C)=NOC(=O)C2CC2)cc1. The van der Waals surface area contributed by atoms with Crippen molar-refractivity contribution in [2.75, 3.05) is 7.11 Å². The Morgan fingerprint density at radius 3 is 2.55 bits per heavy atom. The maximum absolute atomic E-state index is 11.4. The second kappa shape index (κ2) is 5.27. The summed E-state index contributed by atoms with van der Waals surface area (Å²) in [6.45, 7) is 1.94. The lowest BCUT2D eigenvalue weighted by molar-refractivity contribution is -0.145. The molecule has 20 heavy (non-hydrogen) atoms. The molecule has 3 rings (SSSR count). The van der Waals surface area contributed by atoms with Gasteiger partial charge >= 0.3 is 5.97 Å². The summed E-state index contributed by atoms with van der Waals surface area (Å²) in [6.07, 6.45) is 2.97. The maximum Gasteiger partial charge on any atom is 0.338 e. The molecule has 1 aromatic rings. The average molecular weight is 273 g/mol. The third-order valence-electron chi connectivity index (χ3n) is 4.06. The number of nitrogens with zero attached hydrogens (tertiary/aromatic N) is 1. The number of carbonyl (C=O) groups excluding carboxylic acids is 1. The first-order valence-corrected chi connectivity index (χ1v) is 7.08. The van der Waals surface area contributed by atoms with Crippen molar-refractivity contribution in [3.8, 4) is 5.75 Å². The van der Waals surface area contributed by atoms with Crippen molar-refractivity contribution in [3.63, 3.8) is 0 Å². The van der Waals surface area contributed by atoms with Crippen molar-refractivity contribution in [2.24, 2.45) is 17.0 Å². The van der Waals surface area contributed by atoms with Crippen LogP contribution in [0.3, 0.4) is 0 Å². The monoisotopic (exact) mass is 273 g/mol. The Labute approximate surface area is 118 Å². The van der Waals surface area contributed by atoms with Crippen LogP contribution < -0.4 is 4.74 Å². The predicted octanol–water partition coefficient (Wildman–Crippen LogP) is 3.13. The highest BCUT2D eigenvalue weighted by Crippen LogP contribution is 2.48. The normalized spacial score (nSPS) is 25.2. The summed E-state index contributed by atoms with van der Waals surface area (Å²) in [7, 11) is 1.67. The van der Waals surface area contributed by atoms with E-state index in [0.29, 0.717) is 11.8 Å². The van der Waals surface area contributed by atoms with Crippen LogP contribution in [0.15, 0.2) is 29.4 Å². The molecule has 0 aliphatic heterocycles. The molecule has 0 bridgehead atoms. The first kappa shape index (κ1) is 13.2. The number of methoxy groups -OCH3 is 1. The van der Waals surface area contributed by atoms with E-state index in [0.717, 1.165) is 30.7 Å². The van der Waals surface area contributed by atoms with Gasteiger partial charge in [-0.2, -0.15) is 0 Å². The highest BCUT2D eigenvalue weighted by atomic mass is 16.7. The molecule has 0 N–H and O–H groups in total. The van der Waals surface area contributed by atoms with Crippen LogP contribution in [-0.4, -0.2) is 18.8 Å². The smallest absolute Gasteiger partial charge is 0.338 e. The fraction of sp³-hybridized carbons (Fsp3) is 0.500. The molecule has 0 saturated heterocycles. The Morgan fingerprint density at radius 1 is 1.25 bits per heavy atom. The fourth-order valence-corrected chi connectivity index (χ4v) is 2.45. The minimum atomic E-state index is -0.175. The minimum absolute atomic E-state index is 0.100. The second-order valence-corrected chi connectivity index (χ2v) is 5.64. The Hall–Kier alpha value is -1.84. The number of carbonyl (C=O) groups is 1. The van der Waals surface area contributed by atoms with Gasteiger partial charge in [-0.3, -0.25) is 0 Å². The first-order chi connectivity index (χ1) is 9.69. The lowest BCUT2D eigenvalue weighted by Crippen LogP contribution is -2.05. The van der Waals surface area contributed by atoms with Gasteiger partial charge in [0.15, 0.2) is 0 Å². The number of hydrogen-bond donors (Lipinski definition) is 0. The minimum Gasteiger partial charge on any atom is -0.497 e. The van der Waals surface area contributed by atoms with Crippen LogP contribution >= 0.6 is 0 Å². The summed E-state index contributed by atoms with van der Waals surface area (Å²) in [5, 5.41) is 4.00. The molecular weight excluding hydrogens is 254 g/mol. The topological polar surface area (TPSA) is 47.9 Å². The van der Waals surface area contributed by atoms with Gasteiger partial charge in [-0.1, -0.05) is 17.3 Å². The number of ether oxygens (including phenoxy) is 1. The predicted molar refractivity (Wildman–Crippen MR) is 75.8 cm³/mol. The molecule has 2 aliphatic carbocycles. The highest BCUT2D eigenvalue weighted by Gasteiger charge is 2.41. The number of benzene rings is 1. The van der Waals surface area contributed by atoms with Gasteiger partial charge < -0.3 is 9.57 Å². The highest BCUT2D eigenvalue weighted by molar-refractivity contribution is 5.88. The van der Waals surface area contributed by atoms with Gasteiger partial charge in [0.25, 0.3) is 0 Å². The quantitative estimate of drug-likeness (QED) is 0.470. The van der Waals surface area contributed by atoms with Crippen molar-refractivity contribution >= 4 is 11.7 Å². The Balaban J connectivity index is 1.56. The van der Waals surface area contributed by atoms with E-state index in [1.54, 1.807) is 7.11 Å². The van der Waals surface area contributed by atoms with Crippen LogP contribution in [0.4, 0.5) is 0 Å². The number of hydrogen-bond acceptors (Lipinski definition) is 4. The summed E-state index contributed by atoms with van der Waals surface area (Å²) in [5.41, 5.74) is 2.21. The van der Waals surface area contributed by atoms with Gasteiger partial charge in [-0.25, -0.2) is 4.79 Å². The van der Waals surface area contributed by atoms with Gasteiger partial charge in [0, 0.05) is 5.92 Å². The molecule has 0 unspecified atom stereocenters. The molecule has 0 heterocycles. The number of rotatable bonds is 5. The molecule has 0 aromatic heterocycles. The van der Waals surface area contributed by atoms with Crippen molar-refractivity contribution < 1.29 is 14.4 Å². The van der Waals surface area contributed by atoms with Crippen molar-refractivity contribution in [3.05, 3.63) is 29.8 Å². The molecule has 4 nitrogen and oxygen atoms in total. The van der Waals surface area contributed by atoms with Crippen molar-refractivity contribution in [1.29, 1.82) is 0 Å². The van der Waals surface area contributed by atoms with Crippen LogP contribution in [0.5, 0.6) is 5.75 Å². The largest absolute Gasteiger partial charge is 0.497 e. The summed E-state index contributed by atoms with van der Waals surface area (Å²) in [5.74, 6) is 1.68. The van der Waals surface area contributed by atoms with E-state index in [1.165, 1.54) is 5.56 Å². The number of oxime groups is 1. The first-order valence-electron chi connectivity index (χ1n) is 7.08. The van der Waals surface area contributed by atoms with E-state index < -0.39 is 0 Å². The van der Waals surface area contributed by atoms with Gasteiger partial charge in [0.1, 0.15) is 5.75 Å². The average Bonchev–Trinajstić information content (AvgIpc) is 3.36. The van der Waals surface area contributed by atoms with Crippen LogP contribution in [0.1, 0.15) is 37.7 Å². The zero-order valence-corrected chi connectivity index (χ0v) is 11.8. The van der Waals surface area contributed by atoms with E-state index in [4.69, 9.17) is 9.57 Å². The molecule has 106 valence electrons. The summed E-state index contributed by atoms with van der Waals surface area (Å²) in [4.78, 5) is 16.4. The zero-order valence-electron chi connectivity index (χ0n) is 11.8. The van der Waals surface area contributed by atoms with Crippen LogP contribution in [-0.2, 0) is 9.63 Å². The van der Waals surface area contributed by atoms with E-state index >= 15 is 0 Å². The third-order valence-corrected chi connectivity index (χ3v) is 4.06. The van der Waals surface area contributed by atoms with Gasteiger partial charge in [-0.15, -0.1) is 0 Å². The second-order valence-electron chi connectivity index (χ2n) is 5.64. The summed E-state index contributed by atoms with van der Waals surface area (Å²) in [6, 6.07) is 8.13. The van der Waals surface area contributed by atoms with Crippen LogP contribution in [0, 0.1) is 11.8 Å². The van der Waals surface area contributed by atoms with Crippen molar-refractivity contribution in [2.45, 2.75) is 32.1 Å². The molecular formula is C16H19NO3. The molecule has 2 saturated carbocycles. The molecule has 2 atom stereocenters. The maximum atomic E-state index is 11.4. The van der Waals surface area contributed by atoms with E-state index in [9.17, 15) is 4.79 Å². The van der Waals surface area contributed by atoms with Crippen LogP contribution in [0.25, 0.3) is 0 Å². The Kier molecular flexibility index (Phi) is 3.47. The van der Waals surface area contributed by atoms with E-state index in [-0.39, 0.29) is 11.9 Å². The van der Waals surface area contributed by atoms with Gasteiger partial charge in [0.2, 0.25) is 0 Å². The van der Waals surface area contributed by atoms with Crippen molar-refractivity contribution in [1.82, 2.24) is 0 Å².